The molecule has 24 heavy (non-hydrogen) atoms. The van der Waals surface area contributed by atoms with Gasteiger partial charge in [-0.15, -0.1) is 10.2 Å². The second kappa shape index (κ2) is 7.23. The summed E-state index contributed by atoms with van der Waals surface area (Å²) in [5.41, 5.74) is 1.71. The molecule has 1 aromatic heterocycles. The van der Waals surface area contributed by atoms with Crippen LogP contribution in [0.25, 0.3) is 11.4 Å². The van der Waals surface area contributed by atoms with Gasteiger partial charge in [-0.25, -0.2) is 4.39 Å². The topological polar surface area (TPSA) is 39.9 Å². The van der Waals surface area contributed by atoms with Gasteiger partial charge in [-0.2, -0.15) is 0 Å². The van der Waals surface area contributed by atoms with Gasteiger partial charge in [0.1, 0.15) is 11.6 Å². The molecular formula is C17H15ClFN3OS. The fraction of sp³-hybridized carbons (Fsp3) is 0.176. The smallest absolute Gasteiger partial charge is 0.191 e. The van der Waals surface area contributed by atoms with Gasteiger partial charge in [0.05, 0.1) is 7.11 Å². The molecule has 0 aliphatic heterocycles. The zero-order valence-corrected chi connectivity index (χ0v) is 14.7. The first-order valence-corrected chi connectivity index (χ1v) is 8.55. The minimum atomic E-state index is -0.286. The van der Waals surface area contributed by atoms with Crippen molar-refractivity contribution < 1.29 is 9.13 Å². The molecule has 0 bridgehead atoms. The Hall–Kier alpha value is -2.05. The Bertz CT molecular complexity index is 852. The first kappa shape index (κ1) is 16.8. The van der Waals surface area contributed by atoms with Crippen LogP contribution in [0.4, 0.5) is 4.39 Å². The van der Waals surface area contributed by atoms with E-state index in [-0.39, 0.29) is 5.82 Å². The standard InChI is InChI=1S/C17H15ClFN3OS/c1-22-16(11-3-5-13(18)6-4-11)20-21-17(22)24-10-12-9-14(19)7-8-15(12)23-2/h3-9H,10H2,1-2H3. The number of methoxy groups -OCH3 is 1. The first-order chi connectivity index (χ1) is 11.6. The number of hydrogen-bond donors (Lipinski definition) is 0. The van der Waals surface area contributed by atoms with Gasteiger partial charge in [0.2, 0.25) is 0 Å². The molecule has 3 rings (SSSR count). The molecule has 0 aliphatic carbocycles. The second-order valence-corrected chi connectivity index (χ2v) is 6.50. The third-order valence-electron chi connectivity index (χ3n) is 3.54. The lowest BCUT2D eigenvalue weighted by Crippen LogP contribution is -1.96. The summed E-state index contributed by atoms with van der Waals surface area (Å²) in [4.78, 5) is 0. The Morgan fingerprint density at radius 2 is 1.92 bits per heavy atom. The quantitative estimate of drug-likeness (QED) is 0.622. The third kappa shape index (κ3) is 3.55. The third-order valence-corrected chi connectivity index (χ3v) is 4.86. The second-order valence-electron chi connectivity index (χ2n) is 5.12. The van der Waals surface area contributed by atoms with E-state index in [4.69, 9.17) is 16.3 Å². The number of halogens is 2. The number of benzene rings is 2. The molecule has 124 valence electrons. The lowest BCUT2D eigenvalue weighted by atomic mass is 10.2. The fourth-order valence-electron chi connectivity index (χ4n) is 2.29. The molecule has 2 aromatic carbocycles. The van der Waals surface area contributed by atoms with Crippen LogP contribution in [0.2, 0.25) is 5.02 Å². The molecule has 0 radical (unpaired) electrons. The largest absolute Gasteiger partial charge is 0.496 e. The Morgan fingerprint density at radius 1 is 1.17 bits per heavy atom. The van der Waals surface area contributed by atoms with Gasteiger partial charge in [-0.05, 0) is 42.5 Å². The highest BCUT2D eigenvalue weighted by molar-refractivity contribution is 7.98. The monoisotopic (exact) mass is 363 g/mol. The van der Waals surface area contributed by atoms with Crippen LogP contribution in [-0.4, -0.2) is 21.9 Å². The number of aromatic nitrogens is 3. The fourth-order valence-corrected chi connectivity index (χ4v) is 3.31. The molecule has 3 aromatic rings. The predicted molar refractivity (Wildman–Crippen MR) is 94.0 cm³/mol. The lowest BCUT2D eigenvalue weighted by molar-refractivity contribution is 0.410. The average Bonchev–Trinajstić information content (AvgIpc) is 2.95. The van der Waals surface area contributed by atoms with Gasteiger partial charge < -0.3 is 9.30 Å². The van der Waals surface area contributed by atoms with Gasteiger partial charge in [0.25, 0.3) is 0 Å². The number of ether oxygens (including phenoxy) is 1. The van der Waals surface area contributed by atoms with E-state index in [1.165, 1.54) is 23.9 Å². The summed E-state index contributed by atoms with van der Waals surface area (Å²) >= 11 is 7.39. The van der Waals surface area contributed by atoms with E-state index in [0.29, 0.717) is 16.5 Å². The van der Waals surface area contributed by atoms with Crippen LogP contribution in [0.5, 0.6) is 5.75 Å². The van der Waals surface area contributed by atoms with Crippen LogP contribution < -0.4 is 4.74 Å². The Kier molecular flexibility index (Phi) is 5.06. The van der Waals surface area contributed by atoms with Crippen molar-refractivity contribution in [2.75, 3.05) is 7.11 Å². The van der Waals surface area contributed by atoms with E-state index in [2.05, 4.69) is 10.2 Å². The van der Waals surface area contributed by atoms with Gasteiger partial charge >= 0.3 is 0 Å². The SMILES string of the molecule is COc1ccc(F)cc1CSc1nnc(-c2ccc(Cl)cc2)n1C. The molecular weight excluding hydrogens is 349 g/mol. The summed E-state index contributed by atoms with van der Waals surface area (Å²) in [5.74, 6) is 1.66. The van der Waals surface area contributed by atoms with Crippen molar-refractivity contribution in [3.05, 3.63) is 58.9 Å². The number of rotatable bonds is 5. The average molecular weight is 364 g/mol. The van der Waals surface area contributed by atoms with Crippen LogP contribution in [-0.2, 0) is 12.8 Å². The molecule has 0 unspecified atom stereocenters. The van der Waals surface area contributed by atoms with E-state index in [1.807, 2.05) is 35.9 Å². The minimum Gasteiger partial charge on any atom is -0.496 e. The van der Waals surface area contributed by atoms with Crippen molar-refractivity contribution in [1.82, 2.24) is 14.8 Å². The summed E-state index contributed by atoms with van der Waals surface area (Å²) in [7, 11) is 3.47. The molecule has 0 saturated heterocycles. The maximum Gasteiger partial charge on any atom is 0.191 e. The Balaban J connectivity index is 1.80. The van der Waals surface area contributed by atoms with Crippen molar-refractivity contribution >= 4 is 23.4 Å². The molecule has 7 heteroatoms. The number of nitrogens with zero attached hydrogens (tertiary/aromatic N) is 3. The summed E-state index contributed by atoms with van der Waals surface area (Å²) in [5, 5.41) is 9.86. The summed E-state index contributed by atoms with van der Waals surface area (Å²) < 4.78 is 20.6. The molecule has 1 heterocycles. The molecule has 0 atom stereocenters. The van der Waals surface area contributed by atoms with Gasteiger partial charge in [0.15, 0.2) is 11.0 Å². The van der Waals surface area contributed by atoms with Crippen LogP contribution >= 0.6 is 23.4 Å². The summed E-state index contributed by atoms with van der Waals surface area (Å²) in [6.45, 7) is 0. The van der Waals surface area contributed by atoms with Crippen LogP contribution in [0, 0.1) is 5.82 Å². The van der Waals surface area contributed by atoms with Crippen molar-refractivity contribution in [3.63, 3.8) is 0 Å². The molecule has 0 N–H and O–H groups in total. The molecule has 0 saturated carbocycles. The van der Waals surface area contributed by atoms with Crippen molar-refractivity contribution in [2.45, 2.75) is 10.9 Å². The molecule has 0 amide bonds. The van der Waals surface area contributed by atoms with E-state index in [1.54, 1.807) is 13.2 Å². The van der Waals surface area contributed by atoms with Gasteiger partial charge in [-0.1, -0.05) is 23.4 Å². The zero-order chi connectivity index (χ0) is 17.1. The van der Waals surface area contributed by atoms with Gasteiger partial charge in [-0.3, -0.25) is 0 Å². The van der Waals surface area contributed by atoms with E-state index >= 15 is 0 Å². The predicted octanol–water partition coefficient (Wildman–Crippen LogP) is 4.58. The maximum atomic E-state index is 13.4. The molecule has 0 spiro atoms. The Labute approximate surface area is 148 Å². The lowest BCUT2D eigenvalue weighted by Gasteiger charge is -2.08. The number of thioether (sulfide) groups is 1. The molecule has 0 fully saturated rings. The molecule has 4 nitrogen and oxygen atoms in total. The zero-order valence-electron chi connectivity index (χ0n) is 13.2. The first-order valence-electron chi connectivity index (χ1n) is 7.19. The van der Waals surface area contributed by atoms with Crippen LogP contribution in [0.15, 0.2) is 47.6 Å². The van der Waals surface area contributed by atoms with Crippen LogP contribution in [0.1, 0.15) is 5.56 Å². The van der Waals surface area contributed by atoms with E-state index in [0.717, 1.165) is 22.1 Å². The van der Waals surface area contributed by atoms with E-state index in [9.17, 15) is 4.39 Å². The van der Waals surface area contributed by atoms with Gasteiger partial charge in [0, 0.05) is 29.0 Å². The van der Waals surface area contributed by atoms with Crippen molar-refractivity contribution in [1.29, 1.82) is 0 Å². The highest BCUT2D eigenvalue weighted by Gasteiger charge is 2.13. The summed E-state index contributed by atoms with van der Waals surface area (Å²) in [6.07, 6.45) is 0. The Morgan fingerprint density at radius 3 is 2.62 bits per heavy atom. The van der Waals surface area contributed by atoms with E-state index < -0.39 is 0 Å². The summed E-state index contributed by atoms with van der Waals surface area (Å²) in [6, 6.07) is 11.9. The number of hydrogen-bond acceptors (Lipinski definition) is 4. The van der Waals surface area contributed by atoms with Crippen molar-refractivity contribution in [2.24, 2.45) is 7.05 Å². The van der Waals surface area contributed by atoms with Crippen LogP contribution in [0.3, 0.4) is 0 Å². The highest BCUT2D eigenvalue weighted by atomic mass is 35.5. The normalized spacial score (nSPS) is 10.8. The maximum absolute atomic E-state index is 13.4. The minimum absolute atomic E-state index is 0.286. The molecule has 0 aliphatic rings. The highest BCUT2D eigenvalue weighted by Crippen LogP contribution is 2.29. The van der Waals surface area contributed by atoms with Crippen molar-refractivity contribution in [3.8, 4) is 17.1 Å².